The van der Waals surface area contributed by atoms with E-state index in [4.69, 9.17) is 4.43 Å². The lowest BCUT2D eigenvalue weighted by Gasteiger charge is -2.58. The van der Waals surface area contributed by atoms with E-state index < -0.39 is 8.32 Å². The molecule has 4 aliphatic carbocycles. The van der Waals surface area contributed by atoms with Crippen molar-refractivity contribution in [3.8, 4) is 0 Å². The van der Waals surface area contributed by atoms with Gasteiger partial charge < -0.3 is 4.43 Å². The van der Waals surface area contributed by atoms with Gasteiger partial charge in [-0.25, -0.2) is 0 Å². The quantitative estimate of drug-likeness (QED) is 0.269. The molecule has 0 aliphatic heterocycles. The second-order valence-corrected chi connectivity index (χ2v) is 20.2. The lowest BCUT2D eigenvalue weighted by molar-refractivity contribution is -0.0407. The van der Waals surface area contributed by atoms with E-state index in [1.165, 1.54) is 56.9 Å². The number of hydrogen-bond acceptors (Lipinski definition) is 1. The van der Waals surface area contributed by atoms with Gasteiger partial charge in [-0.15, -0.1) is 0 Å². The largest absolute Gasteiger partial charge is 0.410 e. The van der Waals surface area contributed by atoms with Crippen LogP contribution in [0.2, 0.25) is 16.6 Å². The summed E-state index contributed by atoms with van der Waals surface area (Å²) in [5.74, 6) is 2.64. The molecule has 3 fully saturated rings. The molecule has 0 saturated heterocycles. The molecule has 0 amide bonds. The number of benzene rings is 1. The molecule has 4 aliphatic rings. The molecule has 2 heteroatoms. The highest BCUT2D eigenvalue weighted by Gasteiger charge is 2.57. The van der Waals surface area contributed by atoms with Gasteiger partial charge in [0, 0.05) is 0 Å². The lowest BCUT2D eigenvalue weighted by atomic mass is 9.47. The Hall–Kier alpha value is -1.12. The normalized spacial score (nSPS) is 37.1. The average molecular weight is 519 g/mol. The van der Waals surface area contributed by atoms with Crippen molar-refractivity contribution in [2.75, 3.05) is 0 Å². The summed E-state index contributed by atoms with van der Waals surface area (Å²) in [4.78, 5) is 0. The maximum atomic E-state index is 7.30. The molecule has 0 N–H and O–H groups in total. The molecule has 6 atom stereocenters. The van der Waals surface area contributed by atoms with Crippen LogP contribution < -0.4 is 0 Å². The van der Waals surface area contributed by atoms with Crippen molar-refractivity contribution in [2.24, 2.45) is 28.6 Å². The Labute approximate surface area is 229 Å². The fraction of sp³-hybridized carbons (Fsp3) is 0.714. The Morgan fingerprint density at radius 3 is 2.19 bits per heavy atom. The first-order valence-corrected chi connectivity index (χ1v) is 17.8. The topological polar surface area (TPSA) is 9.23 Å². The van der Waals surface area contributed by atoms with Crippen molar-refractivity contribution in [1.29, 1.82) is 0 Å². The van der Waals surface area contributed by atoms with Crippen LogP contribution in [0.1, 0.15) is 112 Å². The predicted octanol–water partition coefficient (Wildman–Crippen LogP) is 10.6. The SMILES string of the molecule is CC(C)[Si](O[C@@H]1C=C2CC[C@H]3[C@@H]4CC(=Cc5ccccc5)C[C@@]4(C)CC[C@@H]3[C@@]2(C)CC1)(C(C)C)C(C)C. The molecule has 1 aromatic rings. The Morgan fingerprint density at radius 1 is 0.865 bits per heavy atom. The average Bonchev–Trinajstić information content (AvgIpc) is 3.18. The molecule has 1 nitrogen and oxygen atoms in total. The van der Waals surface area contributed by atoms with E-state index in [1.54, 1.807) is 11.1 Å². The minimum atomic E-state index is -1.85. The maximum Gasteiger partial charge on any atom is 0.201 e. The minimum Gasteiger partial charge on any atom is -0.410 e. The Kier molecular flexibility index (Phi) is 7.51. The fourth-order valence-corrected chi connectivity index (χ4v) is 15.8. The van der Waals surface area contributed by atoms with Gasteiger partial charge in [-0.1, -0.05) is 109 Å². The highest BCUT2D eigenvalue weighted by Crippen LogP contribution is 2.66. The summed E-state index contributed by atoms with van der Waals surface area (Å²) in [5.41, 5.74) is 7.75. The molecular formula is C35H54OSi. The molecular weight excluding hydrogens is 464 g/mol. The summed E-state index contributed by atoms with van der Waals surface area (Å²) in [6, 6.07) is 11.0. The first-order valence-electron chi connectivity index (χ1n) is 15.6. The summed E-state index contributed by atoms with van der Waals surface area (Å²) < 4.78 is 7.30. The van der Waals surface area contributed by atoms with Crippen LogP contribution in [-0.2, 0) is 4.43 Å². The van der Waals surface area contributed by atoms with Crippen molar-refractivity contribution in [2.45, 2.75) is 129 Å². The van der Waals surface area contributed by atoms with Crippen LogP contribution in [0.3, 0.4) is 0 Å². The van der Waals surface area contributed by atoms with Crippen molar-refractivity contribution in [1.82, 2.24) is 0 Å². The monoisotopic (exact) mass is 518 g/mol. The van der Waals surface area contributed by atoms with Gasteiger partial charge in [-0.05, 0) is 102 Å². The van der Waals surface area contributed by atoms with E-state index >= 15 is 0 Å². The zero-order chi connectivity index (χ0) is 26.6. The summed E-state index contributed by atoms with van der Waals surface area (Å²) in [6.07, 6.45) is 16.3. The van der Waals surface area contributed by atoms with Crippen molar-refractivity contribution >= 4 is 14.4 Å². The first kappa shape index (κ1) is 27.4. The van der Waals surface area contributed by atoms with Gasteiger partial charge in [0.2, 0.25) is 8.32 Å². The number of hydrogen-bond donors (Lipinski definition) is 0. The third-order valence-corrected chi connectivity index (χ3v) is 18.1. The number of allylic oxidation sites excluding steroid dienone is 2. The zero-order valence-corrected chi connectivity index (χ0v) is 26.1. The Balaban J connectivity index is 1.36. The van der Waals surface area contributed by atoms with Crippen LogP contribution in [0.5, 0.6) is 0 Å². The van der Waals surface area contributed by atoms with E-state index in [0.717, 1.165) is 17.8 Å². The van der Waals surface area contributed by atoms with Crippen LogP contribution in [0.25, 0.3) is 6.08 Å². The molecule has 204 valence electrons. The van der Waals surface area contributed by atoms with Gasteiger partial charge in [0.25, 0.3) is 0 Å². The van der Waals surface area contributed by atoms with Gasteiger partial charge in [0.1, 0.15) is 0 Å². The van der Waals surface area contributed by atoms with E-state index in [1.807, 2.05) is 0 Å². The number of fused-ring (bicyclic) bond motifs is 5. The molecule has 5 rings (SSSR count). The third-order valence-electron chi connectivity index (χ3n) is 11.9. The van der Waals surface area contributed by atoms with Crippen molar-refractivity contribution in [3.05, 3.63) is 53.1 Å². The van der Waals surface area contributed by atoms with Crippen LogP contribution in [0.4, 0.5) is 0 Å². The van der Waals surface area contributed by atoms with E-state index in [0.29, 0.717) is 33.6 Å². The third kappa shape index (κ3) is 4.67. The standard InChI is InChI=1S/C35H54OSi/c1-24(2)37(25(3)4,26(5)6)36-30-16-19-35(8)29(22-30)14-15-31-32(35)17-18-34(7)23-28(21-33(31)34)20-27-12-10-9-11-13-27/h9-13,20,22,24-26,30-33H,14-19,21,23H2,1-8H3/t30-,31+,32-,33-,34+,35-/m0/s1. The smallest absolute Gasteiger partial charge is 0.201 e. The van der Waals surface area contributed by atoms with Crippen LogP contribution in [0, 0.1) is 28.6 Å². The molecule has 3 saturated carbocycles. The molecule has 0 aromatic heterocycles. The molecule has 0 bridgehead atoms. The molecule has 0 spiro atoms. The zero-order valence-electron chi connectivity index (χ0n) is 25.1. The fourth-order valence-electron chi connectivity index (χ4n) is 10.2. The lowest BCUT2D eigenvalue weighted by Crippen LogP contribution is -2.52. The molecule has 0 heterocycles. The van der Waals surface area contributed by atoms with Gasteiger partial charge in [0.05, 0.1) is 6.10 Å². The van der Waals surface area contributed by atoms with Gasteiger partial charge in [0.15, 0.2) is 0 Å². The van der Waals surface area contributed by atoms with Gasteiger partial charge >= 0.3 is 0 Å². The van der Waals surface area contributed by atoms with E-state index in [-0.39, 0.29) is 0 Å². The first-order chi connectivity index (χ1) is 17.5. The predicted molar refractivity (Wildman–Crippen MR) is 162 cm³/mol. The highest BCUT2D eigenvalue weighted by molar-refractivity contribution is 6.77. The number of rotatable bonds is 6. The molecule has 1 aromatic carbocycles. The van der Waals surface area contributed by atoms with Crippen LogP contribution in [-0.4, -0.2) is 14.4 Å². The van der Waals surface area contributed by atoms with Crippen molar-refractivity contribution in [3.63, 3.8) is 0 Å². The summed E-state index contributed by atoms with van der Waals surface area (Å²) >= 11 is 0. The van der Waals surface area contributed by atoms with E-state index in [9.17, 15) is 0 Å². The van der Waals surface area contributed by atoms with Gasteiger partial charge in [-0.3, -0.25) is 0 Å². The molecule has 37 heavy (non-hydrogen) atoms. The summed E-state index contributed by atoms with van der Waals surface area (Å²) in [6.45, 7) is 19.9. The van der Waals surface area contributed by atoms with E-state index in [2.05, 4.69) is 97.9 Å². The Bertz CT molecular complexity index is 997. The van der Waals surface area contributed by atoms with Crippen LogP contribution >= 0.6 is 0 Å². The van der Waals surface area contributed by atoms with Crippen LogP contribution in [0.15, 0.2) is 47.6 Å². The second-order valence-electron chi connectivity index (χ2n) is 14.8. The molecule has 0 unspecified atom stereocenters. The van der Waals surface area contributed by atoms with Crippen molar-refractivity contribution < 1.29 is 4.43 Å². The summed E-state index contributed by atoms with van der Waals surface area (Å²) in [5, 5.41) is 0. The van der Waals surface area contributed by atoms with Gasteiger partial charge in [-0.2, -0.15) is 0 Å². The second kappa shape index (κ2) is 10.1. The Morgan fingerprint density at radius 2 is 1.54 bits per heavy atom. The summed E-state index contributed by atoms with van der Waals surface area (Å²) in [7, 11) is -1.85. The highest BCUT2D eigenvalue weighted by atomic mass is 28.4. The maximum absolute atomic E-state index is 7.30. The minimum absolute atomic E-state index is 0.347. The molecule has 0 radical (unpaired) electrons.